The van der Waals surface area contributed by atoms with Gasteiger partial charge in [0.15, 0.2) is 0 Å². The van der Waals surface area contributed by atoms with Crippen LogP contribution in [0.3, 0.4) is 0 Å². The molecule has 3 N–H and O–H groups in total. The van der Waals surface area contributed by atoms with Crippen LogP contribution in [0, 0.1) is 0 Å². The Balaban J connectivity index is 1.93. The number of rotatable bonds is 5. The molecule has 2 aromatic rings. The van der Waals surface area contributed by atoms with Gasteiger partial charge >= 0.3 is 6.18 Å². The highest BCUT2D eigenvalue weighted by Gasteiger charge is 2.35. The average Bonchev–Trinajstić information content (AvgIpc) is 2.87. The van der Waals surface area contributed by atoms with E-state index in [4.69, 9.17) is 5.73 Å². The van der Waals surface area contributed by atoms with Crippen molar-refractivity contribution in [3.63, 3.8) is 0 Å². The molecule has 0 saturated carbocycles. The van der Waals surface area contributed by atoms with Gasteiger partial charge in [0.05, 0.1) is 0 Å². The van der Waals surface area contributed by atoms with E-state index in [0.717, 1.165) is 17.5 Å². The Labute approximate surface area is 117 Å². The molecule has 0 amide bonds. The van der Waals surface area contributed by atoms with Crippen molar-refractivity contribution in [1.82, 2.24) is 10.2 Å². The zero-order valence-electron chi connectivity index (χ0n) is 10.4. The van der Waals surface area contributed by atoms with Crippen molar-refractivity contribution in [1.29, 1.82) is 0 Å². The van der Waals surface area contributed by atoms with Crippen molar-refractivity contribution in [2.24, 2.45) is 5.73 Å². The van der Waals surface area contributed by atoms with E-state index in [1.54, 1.807) is 0 Å². The van der Waals surface area contributed by atoms with E-state index in [2.05, 4.69) is 15.5 Å². The molecule has 0 fully saturated rings. The van der Waals surface area contributed by atoms with Gasteiger partial charge < -0.3 is 11.1 Å². The quantitative estimate of drug-likeness (QED) is 0.891. The summed E-state index contributed by atoms with van der Waals surface area (Å²) >= 11 is 0.495. The second kappa shape index (κ2) is 6.19. The van der Waals surface area contributed by atoms with Crippen LogP contribution in [0.25, 0.3) is 0 Å². The summed E-state index contributed by atoms with van der Waals surface area (Å²) in [5.74, 6) is 0. The summed E-state index contributed by atoms with van der Waals surface area (Å²) in [6.07, 6.45) is -3.64. The van der Waals surface area contributed by atoms with Crippen molar-refractivity contribution in [3.8, 4) is 0 Å². The highest BCUT2D eigenvalue weighted by atomic mass is 32.1. The Hall–Kier alpha value is -1.67. The molecule has 0 radical (unpaired) electrons. The number of benzene rings is 1. The fourth-order valence-electron chi connectivity index (χ4n) is 1.58. The van der Waals surface area contributed by atoms with E-state index in [1.807, 2.05) is 24.3 Å². The highest BCUT2D eigenvalue weighted by Crippen LogP contribution is 2.33. The molecule has 8 heteroatoms. The van der Waals surface area contributed by atoms with Crippen molar-refractivity contribution >= 4 is 16.5 Å². The first-order chi connectivity index (χ1) is 9.49. The van der Waals surface area contributed by atoms with Gasteiger partial charge in [-0.05, 0) is 24.1 Å². The lowest BCUT2D eigenvalue weighted by atomic mass is 10.1. The first-order valence-electron chi connectivity index (χ1n) is 5.91. The predicted molar refractivity (Wildman–Crippen MR) is 71.4 cm³/mol. The van der Waals surface area contributed by atoms with Crippen molar-refractivity contribution in [2.75, 3.05) is 11.9 Å². The number of nitrogens with one attached hydrogen (secondary N) is 1. The fourth-order valence-corrected chi connectivity index (χ4v) is 2.18. The number of hydrogen-bond acceptors (Lipinski definition) is 5. The normalized spacial score (nSPS) is 11.6. The molecule has 0 aliphatic carbocycles. The van der Waals surface area contributed by atoms with Crippen LogP contribution >= 0.6 is 11.3 Å². The third-order valence-electron chi connectivity index (χ3n) is 2.57. The molecule has 108 valence electrons. The van der Waals surface area contributed by atoms with E-state index in [9.17, 15) is 13.2 Å². The third-order valence-corrected chi connectivity index (χ3v) is 3.49. The third kappa shape index (κ3) is 3.91. The van der Waals surface area contributed by atoms with Gasteiger partial charge in [-0.15, -0.1) is 10.2 Å². The molecule has 0 spiro atoms. The lowest BCUT2D eigenvalue weighted by Gasteiger charge is -2.04. The molecular formula is C12H13F3N4S. The van der Waals surface area contributed by atoms with Gasteiger partial charge in [0, 0.05) is 6.54 Å². The summed E-state index contributed by atoms with van der Waals surface area (Å²) < 4.78 is 37.1. The maximum atomic E-state index is 12.4. The van der Waals surface area contributed by atoms with Gasteiger partial charge in [0.1, 0.15) is 0 Å². The molecule has 0 bridgehead atoms. The van der Waals surface area contributed by atoms with Crippen molar-refractivity contribution in [2.45, 2.75) is 19.1 Å². The molecular weight excluding hydrogens is 289 g/mol. The van der Waals surface area contributed by atoms with Gasteiger partial charge in [-0.25, -0.2) is 0 Å². The van der Waals surface area contributed by atoms with Gasteiger partial charge in [-0.2, -0.15) is 13.2 Å². The van der Waals surface area contributed by atoms with Crippen molar-refractivity contribution in [3.05, 3.63) is 40.4 Å². The maximum Gasteiger partial charge on any atom is 0.445 e. The minimum Gasteiger partial charge on any atom is -0.356 e. The molecule has 1 aromatic carbocycles. The fraction of sp³-hybridized carbons (Fsp3) is 0.333. The molecule has 0 atom stereocenters. The summed E-state index contributed by atoms with van der Waals surface area (Å²) in [5.41, 5.74) is 7.54. The van der Waals surface area contributed by atoms with Crippen LogP contribution in [0.2, 0.25) is 0 Å². The number of hydrogen-bond donors (Lipinski definition) is 2. The zero-order chi connectivity index (χ0) is 14.6. The molecule has 2 rings (SSSR count). The van der Waals surface area contributed by atoms with Crippen LogP contribution in [-0.2, 0) is 19.1 Å². The number of halogens is 3. The second-order valence-electron chi connectivity index (χ2n) is 4.12. The molecule has 0 aliphatic rings. The average molecular weight is 302 g/mol. The second-order valence-corrected chi connectivity index (χ2v) is 5.10. The van der Waals surface area contributed by atoms with Gasteiger partial charge in [-0.1, -0.05) is 35.6 Å². The number of nitrogens with zero attached hydrogens (tertiary/aromatic N) is 2. The summed E-state index contributed by atoms with van der Waals surface area (Å²) in [7, 11) is 0. The van der Waals surface area contributed by atoms with Gasteiger partial charge in [-0.3, -0.25) is 0 Å². The predicted octanol–water partition coefficient (Wildman–Crippen LogP) is 2.67. The maximum absolute atomic E-state index is 12.4. The Morgan fingerprint density at radius 1 is 1.10 bits per heavy atom. The van der Waals surface area contributed by atoms with Crippen LogP contribution in [-0.4, -0.2) is 16.7 Å². The van der Waals surface area contributed by atoms with Crippen molar-refractivity contribution < 1.29 is 13.2 Å². The Bertz CT molecular complexity index is 551. The van der Waals surface area contributed by atoms with E-state index in [-0.39, 0.29) is 5.13 Å². The Morgan fingerprint density at radius 2 is 1.75 bits per heavy atom. The Kier molecular flexibility index (Phi) is 4.56. The molecule has 4 nitrogen and oxygen atoms in total. The van der Waals surface area contributed by atoms with E-state index < -0.39 is 11.2 Å². The molecule has 0 aliphatic heterocycles. The molecule has 1 heterocycles. The number of alkyl halides is 3. The summed E-state index contributed by atoms with van der Waals surface area (Å²) in [6.45, 7) is 0.984. The van der Waals surface area contributed by atoms with E-state index in [0.29, 0.717) is 24.4 Å². The molecule has 1 aromatic heterocycles. The molecule has 20 heavy (non-hydrogen) atoms. The molecule has 0 unspecified atom stereocenters. The highest BCUT2D eigenvalue weighted by molar-refractivity contribution is 7.15. The minimum atomic E-state index is -4.44. The first kappa shape index (κ1) is 14.7. The first-order valence-corrected chi connectivity index (χ1v) is 6.73. The SMILES string of the molecule is NCCc1ccc(CNc2nnc(C(F)(F)F)s2)cc1. The van der Waals surface area contributed by atoms with Crippen LogP contribution in [0.4, 0.5) is 18.3 Å². The number of anilines is 1. The largest absolute Gasteiger partial charge is 0.445 e. The lowest BCUT2D eigenvalue weighted by Crippen LogP contribution is -2.03. The van der Waals surface area contributed by atoms with E-state index in [1.165, 1.54) is 0 Å². The number of aromatic nitrogens is 2. The smallest absolute Gasteiger partial charge is 0.356 e. The summed E-state index contributed by atoms with van der Waals surface area (Å²) in [6, 6.07) is 7.71. The zero-order valence-corrected chi connectivity index (χ0v) is 11.3. The monoisotopic (exact) mass is 302 g/mol. The topological polar surface area (TPSA) is 63.8 Å². The van der Waals surface area contributed by atoms with Gasteiger partial charge in [0.2, 0.25) is 10.1 Å². The summed E-state index contributed by atoms with van der Waals surface area (Å²) in [5, 5.41) is 8.61. The van der Waals surface area contributed by atoms with Crippen LogP contribution in [0.5, 0.6) is 0 Å². The summed E-state index contributed by atoms with van der Waals surface area (Å²) in [4.78, 5) is 0. The van der Waals surface area contributed by atoms with Crippen LogP contribution in [0.1, 0.15) is 16.1 Å². The van der Waals surface area contributed by atoms with Crippen LogP contribution < -0.4 is 11.1 Å². The number of nitrogens with two attached hydrogens (primary N) is 1. The minimum absolute atomic E-state index is 0.156. The van der Waals surface area contributed by atoms with E-state index >= 15 is 0 Å². The molecule has 0 saturated heterocycles. The lowest BCUT2D eigenvalue weighted by molar-refractivity contribution is -0.138. The van der Waals surface area contributed by atoms with Gasteiger partial charge in [0.25, 0.3) is 0 Å². The standard InChI is InChI=1S/C12H13F3N4S/c13-12(14,15)10-18-19-11(20-10)17-7-9-3-1-8(2-4-9)5-6-16/h1-4H,5-7,16H2,(H,17,19). The Morgan fingerprint density at radius 3 is 2.30 bits per heavy atom. The van der Waals surface area contributed by atoms with Crippen LogP contribution in [0.15, 0.2) is 24.3 Å².